The van der Waals surface area contributed by atoms with Crippen molar-refractivity contribution in [3.63, 3.8) is 0 Å². The summed E-state index contributed by atoms with van der Waals surface area (Å²) in [4.78, 5) is 26.7. The summed E-state index contributed by atoms with van der Waals surface area (Å²) in [5.41, 5.74) is 0.542. The Labute approximate surface area is 464 Å². The molecular formula is C54H60O28. The minimum atomic E-state index is -2.20. The van der Waals surface area contributed by atoms with Crippen LogP contribution in [0.2, 0.25) is 0 Å². The Bertz CT molecular complexity index is 2970. The van der Waals surface area contributed by atoms with Gasteiger partial charge in [-0.25, -0.2) is 9.59 Å². The predicted molar refractivity (Wildman–Crippen MR) is 273 cm³/mol. The first-order valence-corrected chi connectivity index (χ1v) is 24.9. The van der Waals surface area contributed by atoms with E-state index in [0.717, 1.165) is 36.4 Å². The fourth-order valence-corrected chi connectivity index (χ4v) is 9.03. The standard InChI is InChI=1S/C54H60O28/c1-71-32-12-22(4-8-28(32)59)5-10-39(61)74-21-38-44(66)47(69)51(82-54-50(46(68)43(65)37(20-56)79-54)81-40(62)11-6-23-13-33(72-2)41(63)34(14-23)73-3)53(80-38)77-35-18-26-30(75-49(35)24-7-9-27(58)29(60)15-24)16-25(57)17-31(26)76-52-48(70)45(67)42(64)36(19-55)78-52/h4-18,36-38,42-60,63-70H,19-21H2,1-3H3. The van der Waals surface area contributed by atoms with Gasteiger partial charge in [0.2, 0.25) is 18.3 Å². The molecule has 0 saturated carbocycles. The first-order chi connectivity index (χ1) is 39.2. The van der Waals surface area contributed by atoms with Crippen LogP contribution in [0.1, 0.15) is 28.4 Å². The van der Waals surface area contributed by atoms with Crippen molar-refractivity contribution in [3.8, 4) is 57.5 Å². The van der Waals surface area contributed by atoms with Crippen molar-refractivity contribution in [2.75, 3.05) is 41.2 Å². The molecule has 16 unspecified atom stereocenters. The quantitative estimate of drug-likeness (QED) is 0.0306. The van der Waals surface area contributed by atoms with Crippen LogP contribution in [0.15, 0.2) is 78.6 Å². The van der Waals surface area contributed by atoms with Gasteiger partial charge in [-0.3, -0.25) is 0 Å². The third-order valence-corrected chi connectivity index (χ3v) is 13.5. The number of aromatic hydroxyl groups is 5. The maximum Gasteiger partial charge on any atom is 0.331 e. The fourth-order valence-electron chi connectivity index (χ4n) is 9.03. The molecule has 3 saturated heterocycles. The molecular weight excluding hydrogens is 1100 g/mol. The molecule has 8 rings (SSSR count). The highest BCUT2D eigenvalue weighted by Crippen LogP contribution is 2.47. The molecule has 0 aliphatic carbocycles. The van der Waals surface area contributed by atoms with Crippen molar-refractivity contribution in [1.29, 1.82) is 0 Å². The zero-order valence-electron chi connectivity index (χ0n) is 43.5. The van der Waals surface area contributed by atoms with Gasteiger partial charge >= 0.3 is 11.9 Å². The summed E-state index contributed by atoms with van der Waals surface area (Å²) in [6.45, 7) is -2.62. The summed E-state index contributed by atoms with van der Waals surface area (Å²) in [5, 5.41) is 150. The SMILES string of the molecule is COc1cc(C=CC(=O)OCC2OC(OC3=Cc4c(cc(O)cc4OC4OC(CO)C(O)C(O)C4O)OC3c3ccc(O)c(O)c3)C(OC3OC(CO)C(O)C(O)C3OC(=O)C=Cc3cc(OC)c(O)c(OC)c3)C(O)C2O)ccc1O. The third kappa shape index (κ3) is 13.1. The van der Waals surface area contributed by atoms with Crippen molar-refractivity contribution >= 4 is 30.2 Å². The lowest BCUT2D eigenvalue weighted by atomic mass is 9.96. The zero-order valence-corrected chi connectivity index (χ0v) is 43.5. The summed E-state index contributed by atoms with van der Waals surface area (Å²) in [7, 11) is 3.86. The van der Waals surface area contributed by atoms with E-state index in [9.17, 15) is 81.1 Å². The highest BCUT2D eigenvalue weighted by molar-refractivity contribution is 5.88. The molecule has 28 nitrogen and oxygen atoms in total. The van der Waals surface area contributed by atoms with Crippen molar-refractivity contribution in [1.82, 2.24) is 0 Å². The van der Waals surface area contributed by atoms with Crippen LogP contribution in [-0.4, -0.2) is 217 Å². The Morgan fingerprint density at radius 1 is 0.549 bits per heavy atom. The van der Waals surface area contributed by atoms with E-state index in [0.29, 0.717) is 5.56 Å². The maximum atomic E-state index is 13.5. The number of aliphatic hydroxyl groups is 9. The Hall–Kier alpha value is -7.68. The monoisotopic (exact) mass is 1160 g/mol. The van der Waals surface area contributed by atoms with Crippen molar-refractivity contribution in [2.24, 2.45) is 0 Å². The second-order valence-corrected chi connectivity index (χ2v) is 18.8. The van der Waals surface area contributed by atoms with Gasteiger partial charge in [0.25, 0.3) is 0 Å². The van der Waals surface area contributed by atoms with Gasteiger partial charge in [-0.15, -0.1) is 0 Å². The van der Waals surface area contributed by atoms with Crippen LogP contribution in [0.4, 0.5) is 0 Å². The lowest BCUT2D eigenvalue weighted by molar-refractivity contribution is -0.364. The minimum Gasteiger partial charge on any atom is -0.508 e. The molecule has 0 aromatic heterocycles. The fraction of sp³-hybridized carbons (Fsp3) is 0.407. The lowest BCUT2D eigenvalue weighted by Crippen LogP contribution is -2.65. The number of carbonyl (C=O) groups is 2. The molecule has 28 heteroatoms. The number of hydrogen-bond donors (Lipinski definition) is 14. The number of esters is 2. The van der Waals surface area contributed by atoms with Gasteiger partial charge in [0, 0.05) is 29.8 Å². The van der Waals surface area contributed by atoms with Crippen LogP contribution in [0.25, 0.3) is 18.2 Å². The van der Waals surface area contributed by atoms with E-state index < -0.39 is 147 Å². The number of hydrogen-bond acceptors (Lipinski definition) is 28. The molecule has 16 atom stereocenters. The van der Waals surface area contributed by atoms with E-state index in [1.165, 1.54) is 76.0 Å². The van der Waals surface area contributed by atoms with Crippen LogP contribution < -0.4 is 23.7 Å². The van der Waals surface area contributed by atoms with E-state index in [4.69, 9.17) is 56.8 Å². The Balaban J connectivity index is 1.16. The Morgan fingerprint density at radius 2 is 1.13 bits per heavy atom. The van der Waals surface area contributed by atoms with E-state index in [1.807, 2.05) is 0 Å². The normalized spacial score (nSPS) is 29.9. The van der Waals surface area contributed by atoms with Gasteiger partial charge in [-0.1, -0.05) is 12.1 Å². The molecule has 0 radical (unpaired) electrons. The van der Waals surface area contributed by atoms with Gasteiger partial charge in [0.15, 0.2) is 59.1 Å². The second kappa shape index (κ2) is 26.1. The summed E-state index contributed by atoms with van der Waals surface area (Å²) >= 11 is 0. The Kier molecular flexibility index (Phi) is 19.2. The molecule has 82 heavy (non-hydrogen) atoms. The first kappa shape index (κ1) is 60.4. The van der Waals surface area contributed by atoms with Crippen LogP contribution >= 0.6 is 0 Å². The largest absolute Gasteiger partial charge is 0.508 e. The predicted octanol–water partition coefficient (Wildman–Crippen LogP) is -0.937. The van der Waals surface area contributed by atoms with Crippen LogP contribution in [0.5, 0.6) is 57.5 Å². The number of methoxy groups -OCH3 is 3. The second-order valence-electron chi connectivity index (χ2n) is 18.8. The summed E-state index contributed by atoms with van der Waals surface area (Å²) < 4.78 is 69.0. The summed E-state index contributed by atoms with van der Waals surface area (Å²) in [5.74, 6) is -5.34. The molecule has 4 aliphatic rings. The molecule has 0 spiro atoms. The van der Waals surface area contributed by atoms with Crippen molar-refractivity contribution < 1.29 is 138 Å². The van der Waals surface area contributed by atoms with E-state index in [-0.39, 0.29) is 62.7 Å². The van der Waals surface area contributed by atoms with Crippen LogP contribution in [0.3, 0.4) is 0 Å². The molecule has 444 valence electrons. The van der Waals surface area contributed by atoms with Gasteiger partial charge in [-0.05, 0) is 65.8 Å². The topological polar surface area (TPSA) is 428 Å². The van der Waals surface area contributed by atoms with E-state index in [1.54, 1.807) is 0 Å². The Morgan fingerprint density at radius 3 is 1.79 bits per heavy atom. The highest BCUT2D eigenvalue weighted by atomic mass is 16.8. The number of phenolic OH excluding ortho intramolecular Hbond substituents is 5. The number of ether oxygens (including phenoxy) is 12. The maximum absolute atomic E-state index is 13.5. The summed E-state index contributed by atoms with van der Waals surface area (Å²) in [6.07, 6.45) is -24.8. The third-order valence-electron chi connectivity index (χ3n) is 13.5. The molecule has 4 aromatic rings. The number of rotatable bonds is 19. The minimum absolute atomic E-state index is 0.0204. The number of fused-ring (bicyclic) bond motifs is 1. The summed E-state index contributed by atoms with van der Waals surface area (Å²) in [6, 6.07) is 12.5. The molecule has 3 fully saturated rings. The zero-order chi connectivity index (χ0) is 59.3. The average molecular weight is 1160 g/mol. The van der Waals surface area contributed by atoms with Gasteiger partial charge in [-0.2, -0.15) is 0 Å². The highest BCUT2D eigenvalue weighted by Gasteiger charge is 2.54. The van der Waals surface area contributed by atoms with Gasteiger partial charge in [0.1, 0.15) is 90.7 Å². The van der Waals surface area contributed by atoms with E-state index >= 15 is 0 Å². The van der Waals surface area contributed by atoms with E-state index in [2.05, 4.69) is 0 Å². The number of carbonyl (C=O) groups excluding carboxylic acids is 2. The lowest BCUT2D eigenvalue weighted by Gasteiger charge is -2.47. The number of benzene rings is 4. The molecule has 14 N–H and O–H groups in total. The van der Waals surface area contributed by atoms with Gasteiger partial charge in [0.05, 0.1) is 40.1 Å². The number of phenols is 5. The molecule has 4 aromatic carbocycles. The number of aliphatic hydroxyl groups excluding tert-OH is 9. The van der Waals surface area contributed by atoms with Crippen molar-refractivity contribution in [2.45, 2.75) is 98.2 Å². The average Bonchev–Trinajstić information content (AvgIpc) is 3.47. The molecule has 4 aliphatic heterocycles. The van der Waals surface area contributed by atoms with Gasteiger partial charge < -0.3 is 128 Å². The molecule has 0 bridgehead atoms. The molecule has 0 amide bonds. The smallest absolute Gasteiger partial charge is 0.331 e. The van der Waals surface area contributed by atoms with Crippen LogP contribution in [0, 0.1) is 0 Å². The van der Waals surface area contributed by atoms with Crippen molar-refractivity contribution in [3.05, 3.63) is 101 Å². The molecule has 4 heterocycles. The first-order valence-electron chi connectivity index (χ1n) is 24.9. The van der Waals surface area contributed by atoms with Crippen LogP contribution in [-0.2, 0) is 42.7 Å².